The second-order valence-electron chi connectivity index (χ2n) is 5.90. The van der Waals surface area contributed by atoms with Crippen LogP contribution < -0.4 is 15.4 Å². The van der Waals surface area contributed by atoms with E-state index in [1.165, 1.54) is 12.8 Å². The van der Waals surface area contributed by atoms with Crippen molar-refractivity contribution >= 4 is 29.1 Å². The van der Waals surface area contributed by atoms with E-state index in [4.69, 9.17) is 4.74 Å². The van der Waals surface area contributed by atoms with Crippen LogP contribution in [0.15, 0.2) is 36.4 Å². The minimum Gasteiger partial charge on any atom is -0.497 e. The summed E-state index contributed by atoms with van der Waals surface area (Å²) >= 11 is 0. The fourth-order valence-corrected chi connectivity index (χ4v) is 2.49. The van der Waals surface area contributed by atoms with Gasteiger partial charge in [-0.15, -0.1) is 12.4 Å². The third-order valence-electron chi connectivity index (χ3n) is 4.02. The SMILES string of the molecule is COc1ccc2cc(CNC(=O)CNCC3CC3)ccc2c1.Cl. The number of carbonyl (C=O) groups excluding carboxylic acids is 1. The van der Waals surface area contributed by atoms with Gasteiger partial charge in [0.1, 0.15) is 5.75 Å². The van der Waals surface area contributed by atoms with Crippen molar-refractivity contribution in [2.75, 3.05) is 20.2 Å². The molecule has 124 valence electrons. The molecule has 2 aromatic carbocycles. The summed E-state index contributed by atoms with van der Waals surface area (Å²) in [5.41, 5.74) is 1.10. The zero-order valence-corrected chi connectivity index (χ0v) is 14.1. The lowest BCUT2D eigenvalue weighted by molar-refractivity contribution is -0.120. The number of ether oxygens (including phenoxy) is 1. The summed E-state index contributed by atoms with van der Waals surface area (Å²) in [6.45, 7) is 1.93. The molecule has 5 heteroatoms. The van der Waals surface area contributed by atoms with Crippen LogP contribution in [0.5, 0.6) is 5.75 Å². The van der Waals surface area contributed by atoms with Crippen LogP contribution in [0, 0.1) is 5.92 Å². The van der Waals surface area contributed by atoms with Crippen LogP contribution in [0.2, 0.25) is 0 Å². The lowest BCUT2D eigenvalue weighted by Crippen LogP contribution is -2.34. The van der Waals surface area contributed by atoms with Crippen molar-refractivity contribution < 1.29 is 9.53 Å². The van der Waals surface area contributed by atoms with Gasteiger partial charge < -0.3 is 15.4 Å². The molecule has 0 atom stereocenters. The number of hydrogen-bond donors (Lipinski definition) is 2. The van der Waals surface area contributed by atoms with Gasteiger partial charge in [0.05, 0.1) is 13.7 Å². The number of amides is 1. The van der Waals surface area contributed by atoms with E-state index >= 15 is 0 Å². The van der Waals surface area contributed by atoms with Gasteiger partial charge in [-0.3, -0.25) is 4.79 Å². The van der Waals surface area contributed by atoms with Crippen molar-refractivity contribution in [3.8, 4) is 5.75 Å². The van der Waals surface area contributed by atoms with Gasteiger partial charge in [0.15, 0.2) is 0 Å². The van der Waals surface area contributed by atoms with E-state index in [0.717, 1.165) is 34.5 Å². The molecular formula is C18H23ClN2O2. The molecule has 0 unspecified atom stereocenters. The largest absolute Gasteiger partial charge is 0.497 e. The maximum absolute atomic E-state index is 11.8. The molecular weight excluding hydrogens is 312 g/mol. The molecule has 1 aliphatic carbocycles. The van der Waals surface area contributed by atoms with Crippen LogP contribution in [0.4, 0.5) is 0 Å². The number of rotatable bonds is 7. The zero-order chi connectivity index (χ0) is 15.4. The maximum atomic E-state index is 11.8. The number of hydrogen-bond acceptors (Lipinski definition) is 3. The van der Waals surface area contributed by atoms with Crippen LogP contribution in [-0.2, 0) is 11.3 Å². The molecule has 0 bridgehead atoms. The van der Waals surface area contributed by atoms with Crippen LogP contribution in [-0.4, -0.2) is 26.1 Å². The van der Waals surface area contributed by atoms with Crippen molar-refractivity contribution in [3.05, 3.63) is 42.0 Å². The van der Waals surface area contributed by atoms with Crippen molar-refractivity contribution in [3.63, 3.8) is 0 Å². The highest BCUT2D eigenvalue weighted by Gasteiger charge is 2.20. The van der Waals surface area contributed by atoms with Gasteiger partial charge in [0, 0.05) is 6.54 Å². The Balaban J connectivity index is 0.00000192. The molecule has 4 nitrogen and oxygen atoms in total. The van der Waals surface area contributed by atoms with E-state index in [9.17, 15) is 4.79 Å². The van der Waals surface area contributed by atoms with E-state index in [1.807, 2.05) is 24.3 Å². The highest BCUT2D eigenvalue weighted by atomic mass is 35.5. The summed E-state index contributed by atoms with van der Waals surface area (Å²) < 4.78 is 5.23. The second-order valence-corrected chi connectivity index (χ2v) is 5.90. The highest BCUT2D eigenvalue weighted by Crippen LogP contribution is 2.27. The molecule has 1 amide bonds. The average molecular weight is 335 g/mol. The lowest BCUT2D eigenvalue weighted by atomic mass is 10.1. The summed E-state index contributed by atoms with van der Waals surface area (Å²) in [4.78, 5) is 11.8. The summed E-state index contributed by atoms with van der Waals surface area (Å²) in [6.07, 6.45) is 2.60. The number of nitrogens with one attached hydrogen (secondary N) is 2. The second kappa shape index (κ2) is 8.18. The minimum atomic E-state index is 0. The highest BCUT2D eigenvalue weighted by molar-refractivity contribution is 5.85. The quantitative estimate of drug-likeness (QED) is 0.818. The molecule has 0 heterocycles. The monoisotopic (exact) mass is 334 g/mol. The number of benzene rings is 2. The fraction of sp³-hybridized carbons (Fsp3) is 0.389. The van der Waals surface area contributed by atoms with E-state index in [1.54, 1.807) is 7.11 Å². The lowest BCUT2D eigenvalue weighted by Gasteiger charge is -2.08. The van der Waals surface area contributed by atoms with Gasteiger partial charge in [-0.05, 0) is 59.8 Å². The fourth-order valence-electron chi connectivity index (χ4n) is 2.49. The van der Waals surface area contributed by atoms with Crippen LogP contribution in [0.3, 0.4) is 0 Å². The maximum Gasteiger partial charge on any atom is 0.234 e. The molecule has 0 aromatic heterocycles. The van der Waals surface area contributed by atoms with Gasteiger partial charge in [0.2, 0.25) is 5.91 Å². The first-order valence-electron chi connectivity index (χ1n) is 7.79. The van der Waals surface area contributed by atoms with Crippen molar-refractivity contribution in [1.82, 2.24) is 10.6 Å². The standard InChI is InChI=1S/C18H22N2O2.ClH/c1-22-17-7-6-15-8-14(4-5-16(15)9-17)11-20-18(21)12-19-10-13-2-3-13;/h4-9,13,19H,2-3,10-12H2,1H3,(H,20,21);1H. The Morgan fingerprint density at radius 3 is 2.65 bits per heavy atom. The minimum absolute atomic E-state index is 0. The van der Waals surface area contributed by atoms with Gasteiger partial charge in [0.25, 0.3) is 0 Å². The van der Waals surface area contributed by atoms with E-state index < -0.39 is 0 Å². The predicted octanol–water partition coefficient (Wildman–Crippen LogP) is 2.89. The molecule has 0 aliphatic heterocycles. The van der Waals surface area contributed by atoms with Gasteiger partial charge in [-0.2, -0.15) is 0 Å². The van der Waals surface area contributed by atoms with E-state index in [2.05, 4.69) is 22.8 Å². The molecule has 23 heavy (non-hydrogen) atoms. The van der Waals surface area contributed by atoms with Crippen molar-refractivity contribution in [1.29, 1.82) is 0 Å². The number of fused-ring (bicyclic) bond motifs is 1. The Hall–Kier alpha value is -1.78. The smallest absolute Gasteiger partial charge is 0.234 e. The molecule has 0 saturated heterocycles. The molecule has 0 spiro atoms. The first kappa shape index (κ1) is 17.6. The summed E-state index contributed by atoms with van der Waals surface area (Å²) in [7, 11) is 1.67. The summed E-state index contributed by atoms with van der Waals surface area (Å²) in [5, 5.41) is 8.45. The number of halogens is 1. The van der Waals surface area contributed by atoms with Crippen LogP contribution in [0.1, 0.15) is 18.4 Å². The Morgan fingerprint density at radius 2 is 1.91 bits per heavy atom. The normalized spacial score (nSPS) is 13.4. The third-order valence-corrected chi connectivity index (χ3v) is 4.02. The molecule has 3 rings (SSSR count). The molecule has 2 aromatic rings. The van der Waals surface area contributed by atoms with E-state index in [0.29, 0.717) is 13.1 Å². The third kappa shape index (κ3) is 5.12. The Morgan fingerprint density at radius 1 is 1.17 bits per heavy atom. The van der Waals surface area contributed by atoms with Crippen molar-refractivity contribution in [2.45, 2.75) is 19.4 Å². The predicted molar refractivity (Wildman–Crippen MR) is 95.2 cm³/mol. The molecule has 1 saturated carbocycles. The Bertz CT molecular complexity index is 671. The average Bonchev–Trinajstić information content (AvgIpc) is 3.36. The Kier molecular flexibility index (Phi) is 6.25. The molecule has 1 fully saturated rings. The van der Waals surface area contributed by atoms with E-state index in [-0.39, 0.29) is 18.3 Å². The van der Waals surface area contributed by atoms with Gasteiger partial charge >= 0.3 is 0 Å². The zero-order valence-electron chi connectivity index (χ0n) is 13.3. The first-order valence-corrected chi connectivity index (χ1v) is 7.79. The van der Waals surface area contributed by atoms with Crippen LogP contribution in [0.25, 0.3) is 10.8 Å². The number of methoxy groups -OCH3 is 1. The van der Waals surface area contributed by atoms with Crippen molar-refractivity contribution in [2.24, 2.45) is 5.92 Å². The topological polar surface area (TPSA) is 50.4 Å². The summed E-state index contributed by atoms with van der Waals surface area (Å²) in [5.74, 6) is 1.70. The molecule has 1 aliphatic rings. The molecule has 2 N–H and O–H groups in total. The Labute approximate surface area is 143 Å². The van der Waals surface area contributed by atoms with Gasteiger partial charge in [-0.1, -0.05) is 18.2 Å². The van der Waals surface area contributed by atoms with Crippen LogP contribution >= 0.6 is 12.4 Å². The van der Waals surface area contributed by atoms with Gasteiger partial charge in [-0.25, -0.2) is 0 Å². The molecule has 0 radical (unpaired) electrons. The first-order chi connectivity index (χ1) is 10.7. The number of carbonyl (C=O) groups is 1. The summed E-state index contributed by atoms with van der Waals surface area (Å²) in [6, 6.07) is 12.2.